The van der Waals surface area contributed by atoms with Gasteiger partial charge in [-0.25, -0.2) is 4.79 Å². The number of aromatic hydroxyl groups is 3. The third-order valence-corrected chi connectivity index (χ3v) is 17.1. The number of aliphatic hydroxyl groups is 7. The molecule has 0 radical (unpaired) electrons. The second-order valence-corrected chi connectivity index (χ2v) is 19.8. The highest BCUT2D eigenvalue weighted by atomic mass is 16.7. The minimum absolute atomic E-state index is 0.0461. The number of esters is 2. The van der Waals surface area contributed by atoms with Crippen molar-refractivity contribution in [2.24, 2.45) is 50.7 Å². The zero-order chi connectivity index (χ0) is 42.7. The van der Waals surface area contributed by atoms with Crippen molar-refractivity contribution in [3.63, 3.8) is 0 Å². The van der Waals surface area contributed by atoms with Gasteiger partial charge in [-0.15, -0.1) is 0 Å². The van der Waals surface area contributed by atoms with E-state index in [-0.39, 0.29) is 29.7 Å². The van der Waals surface area contributed by atoms with Crippen LogP contribution in [0.5, 0.6) is 17.2 Å². The summed E-state index contributed by atoms with van der Waals surface area (Å²) in [5.41, 5.74) is -4.51. The smallest absolute Gasteiger partial charge is 0.338 e. The summed E-state index contributed by atoms with van der Waals surface area (Å²) in [5, 5.41) is 107. The van der Waals surface area contributed by atoms with Crippen LogP contribution in [0.2, 0.25) is 0 Å². The summed E-state index contributed by atoms with van der Waals surface area (Å²) in [6.45, 7) is 11.1. The van der Waals surface area contributed by atoms with Crippen LogP contribution in [0.1, 0.15) is 103 Å². The number of phenols is 3. The maximum absolute atomic E-state index is 14.6. The summed E-state index contributed by atoms with van der Waals surface area (Å²) in [6, 6.07) is 1.92. The molecule has 0 bridgehead atoms. The zero-order valence-corrected chi connectivity index (χ0v) is 34.2. The quantitative estimate of drug-likeness (QED) is 0.112. The van der Waals surface area contributed by atoms with E-state index < -0.39 is 124 Å². The third-order valence-electron chi connectivity index (χ3n) is 17.1. The van der Waals surface area contributed by atoms with E-state index in [1.165, 1.54) is 0 Å². The number of aliphatic hydroxyl groups excluding tert-OH is 6. The van der Waals surface area contributed by atoms with Crippen LogP contribution in [0.4, 0.5) is 0 Å². The van der Waals surface area contributed by atoms with E-state index >= 15 is 0 Å². The number of phenolic OH excluding ortho intramolecular Hbond substituents is 3. The summed E-state index contributed by atoms with van der Waals surface area (Å²) >= 11 is 0. The number of carbonyl (C=O) groups excluding carboxylic acids is 2. The number of hydrogen-bond donors (Lipinski definition) is 10. The molecule has 17 unspecified atom stereocenters. The molecule has 6 aliphatic rings. The molecule has 324 valence electrons. The second kappa shape index (κ2) is 14.3. The molecule has 0 amide bonds. The fourth-order valence-corrected chi connectivity index (χ4v) is 13.5. The molecular weight excluding hydrogens is 756 g/mol. The Morgan fingerprint density at radius 1 is 0.845 bits per heavy atom. The molecule has 1 heterocycles. The number of hydrogen-bond acceptors (Lipinski definition) is 15. The van der Waals surface area contributed by atoms with Crippen LogP contribution in [-0.2, 0) is 19.0 Å². The van der Waals surface area contributed by atoms with Crippen LogP contribution in [0.15, 0.2) is 23.8 Å². The summed E-state index contributed by atoms with van der Waals surface area (Å²) in [7, 11) is 0. The topological polar surface area (TPSA) is 264 Å². The van der Waals surface area contributed by atoms with Gasteiger partial charge in [0, 0.05) is 11.3 Å². The van der Waals surface area contributed by atoms with Gasteiger partial charge in [0.1, 0.15) is 30.5 Å². The standard InChI is InChI=1S/C43H62O15/c1-20-9-12-43(37(54)58-36-32(52)31(51)30(50)26(18-44)56-36)14-13-40(4)22(33(43)42(20,6)55)7-8-28-38(2)17-25(48)34(39(3,19-45)27(38)10-11-41(28,40)5)57-35(53)21-15-23(46)29(49)24(47)16-21/h7,15-16,20,25-28,30-34,36,44-52,55H,8-14,17-19H2,1-6H3. The molecular formula is C43H62O15. The average molecular weight is 819 g/mol. The van der Waals surface area contributed by atoms with Gasteiger partial charge in [-0.2, -0.15) is 0 Å². The fourth-order valence-electron chi connectivity index (χ4n) is 13.5. The molecule has 5 aliphatic carbocycles. The van der Waals surface area contributed by atoms with Crippen LogP contribution in [0.25, 0.3) is 0 Å². The van der Waals surface area contributed by atoms with Crippen LogP contribution >= 0.6 is 0 Å². The molecule has 0 spiro atoms. The van der Waals surface area contributed by atoms with Gasteiger partial charge in [0.15, 0.2) is 17.2 Å². The number of ether oxygens (including phenoxy) is 3. The van der Waals surface area contributed by atoms with E-state index in [1.54, 1.807) is 6.92 Å². The van der Waals surface area contributed by atoms with Crippen molar-refractivity contribution in [1.29, 1.82) is 0 Å². The minimum atomic E-state index is -1.77. The summed E-state index contributed by atoms with van der Waals surface area (Å²) in [5.74, 6) is -5.00. The number of benzene rings is 1. The van der Waals surface area contributed by atoms with Gasteiger partial charge in [-0.3, -0.25) is 4.79 Å². The first-order valence-electron chi connectivity index (χ1n) is 20.7. The lowest BCUT2D eigenvalue weighted by atomic mass is 9.33. The second-order valence-electron chi connectivity index (χ2n) is 19.8. The lowest BCUT2D eigenvalue weighted by Gasteiger charge is -2.72. The van der Waals surface area contributed by atoms with Gasteiger partial charge in [0.25, 0.3) is 0 Å². The molecule has 10 N–H and O–H groups in total. The van der Waals surface area contributed by atoms with Crippen LogP contribution in [0, 0.1) is 50.7 Å². The zero-order valence-electron chi connectivity index (χ0n) is 34.2. The van der Waals surface area contributed by atoms with Crippen molar-refractivity contribution in [2.45, 2.75) is 141 Å². The number of fused-ring (bicyclic) bond motifs is 7. The largest absolute Gasteiger partial charge is 0.504 e. The normalized spacial score (nSPS) is 48.6. The van der Waals surface area contributed by atoms with Gasteiger partial charge < -0.3 is 65.3 Å². The van der Waals surface area contributed by atoms with Crippen LogP contribution < -0.4 is 0 Å². The molecule has 15 heteroatoms. The van der Waals surface area contributed by atoms with Gasteiger partial charge in [-0.1, -0.05) is 46.3 Å². The van der Waals surface area contributed by atoms with Crippen molar-refractivity contribution < 1.29 is 74.9 Å². The maximum atomic E-state index is 14.6. The molecule has 58 heavy (non-hydrogen) atoms. The SMILES string of the molecule is CC1CCC2(C(=O)OC3OC(CO)C(O)C(O)C3O)CCC3(C)C(=CCC4C5(C)CC(O)C(OC(=O)c6cc(O)c(O)c(O)c6)C(C)(CO)C5CCC43C)C2C1(C)O. The van der Waals surface area contributed by atoms with Crippen molar-refractivity contribution >= 4 is 11.9 Å². The lowest BCUT2D eigenvalue weighted by molar-refractivity contribution is -0.299. The highest BCUT2D eigenvalue weighted by Crippen LogP contribution is 2.76. The first-order valence-corrected chi connectivity index (χ1v) is 20.7. The predicted molar refractivity (Wildman–Crippen MR) is 204 cm³/mol. The summed E-state index contributed by atoms with van der Waals surface area (Å²) in [6.07, 6.45) is -4.36. The van der Waals surface area contributed by atoms with E-state index in [2.05, 4.69) is 26.8 Å². The third kappa shape index (κ3) is 5.88. The summed E-state index contributed by atoms with van der Waals surface area (Å²) < 4.78 is 17.4. The van der Waals surface area contributed by atoms with E-state index in [4.69, 9.17) is 14.2 Å². The number of allylic oxidation sites excluding steroid dienone is 1. The van der Waals surface area contributed by atoms with E-state index in [0.717, 1.165) is 17.7 Å². The van der Waals surface area contributed by atoms with Gasteiger partial charge in [-0.05, 0) is 104 Å². The molecule has 17 atom stereocenters. The fraction of sp³-hybridized carbons (Fsp3) is 0.767. The van der Waals surface area contributed by atoms with Gasteiger partial charge >= 0.3 is 11.9 Å². The van der Waals surface area contributed by atoms with E-state index in [9.17, 15) is 60.7 Å². The van der Waals surface area contributed by atoms with Crippen LogP contribution in [-0.4, -0.2) is 125 Å². The first-order chi connectivity index (χ1) is 27.0. The Labute approximate surface area is 338 Å². The monoisotopic (exact) mass is 818 g/mol. The first kappa shape index (κ1) is 43.1. The van der Waals surface area contributed by atoms with Gasteiger partial charge in [0.05, 0.1) is 35.9 Å². The molecule has 5 fully saturated rings. The molecule has 1 aliphatic heterocycles. The number of carbonyl (C=O) groups is 2. The van der Waals surface area contributed by atoms with Crippen molar-refractivity contribution in [3.05, 3.63) is 29.3 Å². The van der Waals surface area contributed by atoms with Crippen molar-refractivity contribution in [3.8, 4) is 17.2 Å². The molecule has 7 rings (SSSR count). The maximum Gasteiger partial charge on any atom is 0.338 e. The molecule has 15 nitrogen and oxygen atoms in total. The molecule has 1 saturated heterocycles. The molecule has 0 aromatic heterocycles. The molecule has 4 saturated carbocycles. The van der Waals surface area contributed by atoms with E-state index in [0.29, 0.717) is 44.9 Å². The Kier molecular flexibility index (Phi) is 10.6. The number of rotatable bonds is 6. The van der Waals surface area contributed by atoms with Crippen LogP contribution in [0.3, 0.4) is 0 Å². The average Bonchev–Trinajstić information content (AvgIpc) is 3.16. The predicted octanol–water partition coefficient (Wildman–Crippen LogP) is 2.39. The Hall–Kier alpha value is -3.02. The van der Waals surface area contributed by atoms with Crippen molar-refractivity contribution in [1.82, 2.24) is 0 Å². The molecule has 1 aromatic carbocycles. The minimum Gasteiger partial charge on any atom is -0.504 e. The summed E-state index contributed by atoms with van der Waals surface area (Å²) in [4.78, 5) is 28.0. The molecule has 1 aromatic rings. The Balaban J connectivity index is 1.22. The highest BCUT2D eigenvalue weighted by Gasteiger charge is 2.73. The van der Waals surface area contributed by atoms with Gasteiger partial charge in [0.2, 0.25) is 6.29 Å². The lowest BCUT2D eigenvalue weighted by Crippen LogP contribution is -2.70. The highest BCUT2D eigenvalue weighted by molar-refractivity contribution is 5.91. The van der Waals surface area contributed by atoms with Crippen molar-refractivity contribution in [2.75, 3.05) is 13.2 Å². The van der Waals surface area contributed by atoms with E-state index in [1.807, 2.05) is 13.8 Å². The Morgan fingerprint density at radius 2 is 1.50 bits per heavy atom. The Morgan fingerprint density at radius 3 is 2.12 bits per heavy atom. The Bertz CT molecular complexity index is 1810.